The summed E-state index contributed by atoms with van der Waals surface area (Å²) < 4.78 is 0. The lowest BCUT2D eigenvalue weighted by atomic mass is 10.1. The Bertz CT molecular complexity index is 556. The Balaban J connectivity index is 2.56. The van der Waals surface area contributed by atoms with Crippen LogP contribution in [0.2, 0.25) is 0 Å². The lowest BCUT2D eigenvalue weighted by Crippen LogP contribution is -2.34. The summed E-state index contributed by atoms with van der Waals surface area (Å²) >= 11 is 1.26. The minimum atomic E-state index is -0.938. The van der Waals surface area contributed by atoms with Gasteiger partial charge in [0.15, 0.2) is 5.13 Å². The van der Waals surface area contributed by atoms with E-state index in [4.69, 9.17) is 5.11 Å². The Labute approximate surface area is 133 Å². The average molecular weight is 327 g/mol. The molecule has 0 bridgehead atoms. The molecule has 1 aromatic rings. The zero-order valence-corrected chi connectivity index (χ0v) is 13.9. The van der Waals surface area contributed by atoms with Crippen molar-refractivity contribution in [3.05, 3.63) is 11.1 Å². The zero-order chi connectivity index (χ0) is 16.9. The molecule has 1 atom stereocenters. The minimum absolute atomic E-state index is 0.0802. The van der Waals surface area contributed by atoms with Crippen LogP contribution < -0.4 is 5.32 Å². The van der Waals surface area contributed by atoms with Crippen LogP contribution in [0, 0.1) is 11.8 Å². The van der Waals surface area contributed by atoms with Crippen molar-refractivity contribution in [2.45, 2.75) is 27.2 Å². The molecule has 22 heavy (non-hydrogen) atoms. The normalized spacial score (nSPS) is 12.0. The van der Waals surface area contributed by atoms with Gasteiger partial charge in [0.25, 0.3) is 0 Å². The highest BCUT2D eigenvalue weighted by Crippen LogP contribution is 2.17. The summed E-state index contributed by atoms with van der Waals surface area (Å²) in [5.41, 5.74) is 0.559. The molecule has 122 valence electrons. The van der Waals surface area contributed by atoms with E-state index in [0.29, 0.717) is 10.8 Å². The lowest BCUT2D eigenvalue weighted by Gasteiger charge is -2.18. The highest BCUT2D eigenvalue weighted by Gasteiger charge is 2.18. The highest BCUT2D eigenvalue weighted by atomic mass is 32.1. The summed E-state index contributed by atoms with van der Waals surface area (Å²) in [5.74, 6) is -2.03. The van der Waals surface area contributed by atoms with Gasteiger partial charge in [-0.2, -0.15) is 0 Å². The Morgan fingerprint density at radius 1 is 1.36 bits per heavy atom. The fourth-order valence-electron chi connectivity index (χ4n) is 1.58. The van der Waals surface area contributed by atoms with Crippen LogP contribution >= 0.6 is 11.3 Å². The maximum atomic E-state index is 12.0. The summed E-state index contributed by atoms with van der Waals surface area (Å²) in [7, 11) is 1.57. The van der Waals surface area contributed by atoms with Gasteiger partial charge in [0, 0.05) is 24.9 Å². The van der Waals surface area contributed by atoms with Crippen LogP contribution in [0.4, 0.5) is 5.13 Å². The summed E-state index contributed by atoms with van der Waals surface area (Å²) in [6.07, 6.45) is 0.0802. The summed E-state index contributed by atoms with van der Waals surface area (Å²) in [6.45, 7) is 5.27. The van der Waals surface area contributed by atoms with Crippen LogP contribution in [0.25, 0.3) is 0 Å². The molecule has 2 amide bonds. The Hall–Kier alpha value is -1.96. The number of rotatable bonds is 7. The Kier molecular flexibility index (Phi) is 6.48. The van der Waals surface area contributed by atoms with Crippen molar-refractivity contribution in [2.24, 2.45) is 11.8 Å². The standard InChI is InChI=1S/C14H21N3O4S/c1-8(2)12(19)16-14-15-10(7-22-14)5-11(18)17(4)6-9(3)13(20)21/h7-9H,5-6H2,1-4H3,(H,20,21)(H,15,16,19). The monoisotopic (exact) mass is 327 g/mol. The molecule has 1 aromatic heterocycles. The van der Waals surface area contributed by atoms with E-state index in [-0.39, 0.29) is 30.7 Å². The van der Waals surface area contributed by atoms with Crippen molar-refractivity contribution >= 4 is 34.3 Å². The number of nitrogens with zero attached hydrogens (tertiary/aromatic N) is 2. The number of anilines is 1. The second kappa shape index (κ2) is 7.88. The van der Waals surface area contributed by atoms with E-state index in [1.54, 1.807) is 33.2 Å². The fraction of sp³-hybridized carbons (Fsp3) is 0.571. The average Bonchev–Trinajstić information content (AvgIpc) is 2.85. The van der Waals surface area contributed by atoms with Gasteiger partial charge in [0.05, 0.1) is 18.0 Å². The maximum Gasteiger partial charge on any atom is 0.308 e. The first-order valence-corrected chi connectivity index (χ1v) is 7.80. The van der Waals surface area contributed by atoms with Gasteiger partial charge in [0.1, 0.15) is 0 Å². The molecule has 0 radical (unpaired) electrons. The number of likely N-dealkylation sites (N-methyl/N-ethyl adjacent to an activating group) is 1. The van der Waals surface area contributed by atoms with Crippen LogP contribution in [-0.2, 0) is 20.8 Å². The number of aromatic nitrogens is 1. The number of amides is 2. The number of nitrogens with one attached hydrogen (secondary N) is 1. The molecule has 7 nitrogen and oxygen atoms in total. The van der Waals surface area contributed by atoms with Gasteiger partial charge in [-0.1, -0.05) is 20.8 Å². The van der Waals surface area contributed by atoms with E-state index in [9.17, 15) is 14.4 Å². The molecule has 0 saturated carbocycles. The quantitative estimate of drug-likeness (QED) is 0.790. The molecule has 0 spiro atoms. The van der Waals surface area contributed by atoms with E-state index in [1.165, 1.54) is 16.2 Å². The van der Waals surface area contributed by atoms with Crippen LogP contribution in [0.5, 0.6) is 0 Å². The van der Waals surface area contributed by atoms with Gasteiger partial charge < -0.3 is 15.3 Å². The van der Waals surface area contributed by atoms with E-state index in [0.717, 1.165) is 0 Å². The van der Waals surface area contributed by atoms with Gasteiger partial charge in [0.2, 0.25) is 11.8 Å². The van der Waals surface area contributed by atoms with Crippen molar-refractivity contribution in [2.75, 3.05) is 18.9 Å². The molecule has 0 fully saturated rings. The molecule has 0 aliphatic carbocycles. The number of carboxylic acid groups (broad SMARTS) is 1. The molecule has 0 aliphatic heterocycles. The first-order valence-electron chi connectivity index (χ1n) is 6.92. The maximum absolute atomic E-state index is 12.0. The van der Waals surface area contributed by atoms with Gasteiger partial charge in [-0.3, -0.25) is 14.4 Å². The van der Waals surface area contributed by atoms with Crippen molar-refractivity contribution in [1.82, 2.24) is 9.88 Å². The third-order valence-electron chi connectivity index (χ3n) is 3.03. The van der Waals surface area contributed by atoms with Gasteiger partial charge in [-0.05, 0) is 0 Å². The van der Waals surface area contributed by atoms with Crippen LogP contribution in [0.1, 0.15) is 26.5 Å². The van der Waals surface area contributed by atoms with E-state index in [2.05, 4.69) is 10.3 Å². The van der Waals surface area contributed by atoms with Crippen LogP contribution in [0.3, 0.4) is 0 Å². The number of thiazole rings is 1. The number of carbonyl (C=O) groups is 3. The summed E-state index contributed by atoms with van der Waals surface area (Å²) in [4.78, 5) is 39.9. The fourth-order valence-corrected chi connectivity index (χ4v) is 2.29. The number of carbonyl (C=O) groups excluding carboxylic acids is 2. The largest absolute Gasteiger partial charge is 0.481 e. The molecule has 2 N–H and O–H groups in total. The second-order valence-electron chi connectivity index (χ2n) is 5.48. The minimum Gasteiger partial charge on any atom is -0.481 e. The molecule has 0 saturated heterocycles. The van der Waals surface area contributed by atoms with Crippen molar-refractivity contribution in [1.29, 1.82) is 0 Å². The molecule has 1 unspecified atom stereocenters. The van der Waals surface area contributed by atoms with E-state index >= 15 is 0 Å². The number of aliphatic carboxylic acids is 1. The summed E-state index contributed by atoms with van der Waals surface area (Å²) in [5, 5.41) is 13.7. The van der Waals surface area contributed by atoms with Gasteiger partial charge >= 0.3 is 5.97 Å². The highest BCUT2D eigenvalue weighted by molar-refractivity contribution is 7.13. The van der Waals surface area contributed by atoms with E-state index in [1.807, 2.05) is 0 Å². The molecule has 1 heterocycles. The summed E-state index contributed by atoms with van der Waals surface area (Å²) in [6, 6.07) is 0. The first kappa shape index (κ1) is 18.1. The first-order chi connectivity index (χ1) is 10.2. The SMILES string of the molecule is CC(C)C(=O)Nc1nc(CC(=O)N(C)CC(C)C(=O)O)cs1. The zero-order valence-electron chi connectivity index (χ0n) is 13.1. The lowest BCUT2D eigenvalue weighted by molar-refractivity contribution is -0.142. The van der Waals surface area contributed by atoms with Crippen LogP contribution in [-0.4, -0.2) is 46.4 Å². The van der Waals surface area contributed by atoms with Gasteiger partial charge in [-0.15, -0.1) is 11.3 Å². The smallest absolute Gasteiger partial charge is 0.308 e. The Morgan fingerprint density at radius 3 is 2.55 bits per heavy atom. The van der Waals surface area contributed by atoms with Gasteiger partial charge in [-0.25, -0.2) is 4.98 Å². The molecular weight excluding hydrogens is 306 g/mol. The van der Waals surface area contributed by atoms with Crippen molar-refractivity contribution < 1.29 is 19.5 Å². The van der Waals surface area contributed by atoms with Crippen molar-refractivity contribution in [3.63, 3.8) is 0 Å². The Morgan fingerprint density at radius 2 is 2.00 bits per heavy atom. The number of hydrogen-bond acceptors (Lipinski definition) is 5. The molecular formula is C14H21N3O4S. The second-order valence-corrected chi connectivity index (χ2v) is 6.34. The molecule has 0 aromatic carbocycles. The molecule has 1 rings (SSSR count). The third kappa shape index (κ3) is 5.44. The predicted molar refractivity (Wildman–Crippen MR) is 83.7 cm³/mol. The number of carboxylic acids is 1. The van der Waals surface area contributed by atoms with Crippen molar-refractivity contribution in [3.8, 4) is 0 Å². The predicted octanol–water partition coefficient (Wildman–Crippen LogP) is 1.46. The van der Waals surface area contributed by atoms with E-state index < -0.39 is 11.9 Å². The number of hydrogen-bond donors (Lipinski definition) is 2. The van der Waals surface area contributed by atoms with Crippen LogP contribution in [0.15, 0.2) is 5.38 Å². The topological polar surface area (TPSA) is 99.6 Å². The third-order valence-corrected chi connectivity index (χ3v) is 3.84. The molecule has 8 heteroatoms. The molecule has 0 aliphatic rings.